The van der Waals surface area contributed by atoms with Gasteiger partial charge in [-0.3, -0.25) is 0 Å². The number of ether oxygens (including phenoxy) is 5. The Morgan fingerprint density at radius 1 is 0.295 bits per heavy atom. The lowest BCUT2D eigenvalue weighted by Gasteiger charge is -2.59. The molecule has 0 spiro atoms. The van der Waals surface area contributed by atoms with E-state index in [4.69, 9.17) is 23.7 Å². The molecule has 5 aromatic heterocycles. The Kier molecular flexibility index (Phi) is 27.7. The fourth-order valence-electron chi connectivity index (χ4n) is 25.0. The summed E-state index contributed by atoms with van der Waals surface area (Å²) < 4.78 is 44.8. The number of benzene rings is 15. The van der Waals surface area contributed by atoms with Gasteiger partial charge in [0.1, 0.15) is 28.6 Å². The van der Waals surface area contributed by atoms with E-state index in [0.717, 1.165) is 75.0 Å². The minimum Gasteiger partial charge on any atom is -0.507 e. The second-order valence-corrected chi connectivity index (χ2v) is 49.0. The molecule has 5 heterocycles. The number of hydrogen-bond donors (Lipinski definition) is 1. The van der Waals surface area contributed by atoms with Crippen molar-refractivity contribution in [3.8, 4) is 47.5 Å². The lowest BCUT2D eigenvalue weighted by molar-refractivity contribution is -0.204. The minimum absolute atomic E-state index is 0.0269. The highest BCUT2D eigenvalue weighted by Crippen LogP contribution is 2.62. The number of phenols is 1. The predicted molar refractivity (Wildman–Crippen MR) is 600 cm³/mol. The van der Waals surface area contributed by atoms with E-state index < -0.39 is 0 Å². The zero-order chi connectivity index (χ0) is 96.0. The zero-order valence-corrected chi connectivity index (χ0v) is 86.8. The van der Waals surface area contributed by atoms with Crippen LogP contribution in [-0.4, -0.2) is 43.3 Å². The van der Waals surface area contributed by atoms with Crippen LogP contribution >= 0.6 is 52.3 Å². The average molecular weight is 1930 g/mol. The van der Waals surface area contributed by atoms with E-state index in [1.54, 1.807) is 7.11 Å². The maximum Gasteiger partial charge on any atom is 0.344 e. The summed E-state index contributed by atoms with van der Waals surface area (Å²) in [6.07, 6.45) is 13.7. The van der Waals surface area contributed by atoms with Crippen LogP contribution in [0.15, 0.2) is 322 Å². The number of esters is 1. The summed E-state index contributed by atoms with van der Waals surface area (Å²) >= 11 is 0. The van der Waals surface area contributed by atoms with E-state index in [9.17, 15) is 9.90 Å². The van der Waals surface area contributed by atoms with Crippen molar-refractivity contribution in [1.82, 2.24) is 0 Å². The molecular formula is C127H129O7S5+5. The first-order chi connectivity index (χ1) is 67.9. The number of fused-ring (bicyclic) bond motifs is 15. The van der Waals surface area contributed by atoms with Crippen molar-refractivity contribution >= 4 is 159 Å². The number of phenolic OH excluding ortho intramolecular Hbond substituents is 1. The Morgan fingerprint density at radius 2 is 0.525 bits per heavy atom. The van der Waals surface area contributed by atoms with E-state index in [1.807, 2.05) is 41.5 Å². The van der Waals surface area contributed by atoms with Gasteiger partial charge in [-0.15, -0.1) is 0 Å². The van der Waals surface area contributed by atoms with E-state index in [1.165, 1.54) is 212 Å². The minimum atomic E-state index is -0.313. The smallest absolute Gasteiger partial charge is 0.344 e. The Labute approximate surface area is 833 Å². The van der Waals surface area contributed by atoms with Crippen LogP contribution in [0.25, 0.3) is 125 Å². The monoisotopic (exact) mass is 1930 g/mol. The van der Waals surface area contributed by atoms with Crippen molar-refractivity contribution in [2.75, 3.05) is 20.5 Å². The summed E-state index contributed by atoms with van der Waals surface area (Å²) in [6.45, 7) is 27.3. The molecule has 7 nitrogen and oxygen atoms in total. The number of carbonyl (C=O) groups is 1. The maximum absolute atomic E-state index is 13.0. The average Bonchev–Trinajstić information content (AvgIpc) is 1.73. The molecule has 8 fully saturated rings. The number of aryl methyl sites for hydroxylation is 8. The number of rotatable bonds is 14. The molecule has 12 heteroatoms. The quantitative estimate of drug-likeness (QED) is 0.0660. The third-order valence-electron chi connectivity index (χ3n) is 30.4. The molecular weight excluding hydrogens is 1800 g/mol. The normalized spacial score (nSPS) is 19.5. The Bertz CT molecular complexity index is 7540. The fourth-order valence-corrected chi connectivity index (χ4v) is 37.6. The van der Waals surface area contributed by atoms with Crippen molar-refractivity contribution < 1.29 is 33.6 Å². The van der Waals surface area contributed by atoms with Gasteiger partial charge < -0.3 is 28.8 Å². The molecule has 0 radical (unpaired) electrons. The van der Waals surface area contributed by atoms with Crippen LogP contribution in [0.5, 0.6) is 23.0 Å². The highest BCUT2D eigenvalue weighted by Gasteiger charge is 2.57. The Hall–Kier alpha value is -12.0. The van der Waals surface area contributed by atoms with Gasteiger partial charge in [0.15, 0.2) is 84.9 Å². The molecule has 15 aromatic carbocycles. The molecule has 139 heavy (non-hydrogen) atoms. The van der Waals surface area contributed by atoms with Crippen molar-refractivity contribution in [3.05, 3.63) is 366 Å². The second-order valence-electron chi connectivity index (χ2n) is 39.1. The molecule has 0 saturated heterocycles. The van der Waals surface area contributed by atoms with Crippen LogP contribution in [0.3, 0.4) is 0 Å². The van der Waals surface area contributed by atoms with Crippen LogP contribution in [0.2, 0.25) is 0 Å². The summed E-state index contributed by atoms with van der Waals surface area (Å²) in [6, 6.07) is 117. The third-order valence-corrected chi connectivity index (χ3v) is 42.0. The molecule has 0 aliphatic heterocycles. The van der Waals surface area contributed by atoms with Crippen molar-refractivity contribution in [3.63, 3.8) is 0 Å². The molecule has 28 rings (SSSR count). The second kappa shape index (κ2) is 40.7. The number of carbonyl (C=O) groups excluding carboxylic acids is 1. The molecule has 8 aliphatic carbocycles. The SMILES string of the molecule is CC.CC.COc1c(C)cc(-[s+]2c3ccccc3c3ccccc32)cc1C.Cc1cc(-[s+]2c3ccccc3c3ccccc32)cc(C)c1O.Cc1cc(-[s+]2c3ccccc3c3ccccc32)cc(C)c1OCC(=O)OC1(C)C2CC3CC(C2)CC1C3.Cc1cc(-[s+]2c3ccccc3c3ccccc32)cc(C)c1OCOC1C2CC3CC(C2)CC1C3.c1ccc(-[s+]2c3ccccc3c3ccccc32)cc1. The summed E-state index contributed by atoms with van der Waals surface area (Å²) in [5.74, 6) is 9.24. The molecule has 1 N–H and O–H groups in total. The lowest BCUT2D eigenvalue weighted by atomic mass is 9.50. The molecule has 8 bridgehead atoms. The summed E-state index contributed by atoms with van der Waals surface area (Å²) in [5, 5.41) is 23.7. The topological polar surface area (TPSA) is 83.5 Å². The molecule has 8 saturated carbocycles. The van der Waals surface area contributed by atoms with Crippen LogP contribution in [0.1, 0.15) is 143 Å². The molecule has 0 atom stereocenters. The molecule has 0 unspecified atom stereocenters. The van der Waals surface area contributed by atoms with Crippen LogP contribution in [0, 0.1) is 103 Å². The maximum atomic E-state index is 13.0. The largest absolute Gasteiger partial charge is 0.507 e. The van der Waals surface area contributed by atoms with E-state index in [0.29, 0.717) is 30.5 Å². The van der Waals surface area contributed by atoms with Gasteiger partial charge >= 0.3 is 5.97 Å². The van der Waals surface area contributed by atoms with Gasteiger partial charge in [0.05, 0.1) is 13.2 Å². The number of methoxy groups -OCH3 is 1. The van der Waals surface area contributed by atoms with E-state index in [-0.39, 0.29) is 70.5 Å². The highest BCUT2D eigenvalue weighted by molar-refractivity contribution is 7.52. The third kappa shape index (κ3) is 18.0. The van der Waals surface area contributed by atoms with Crippen LogP contribution < -0.4 is 14.2 Å². The van der Waals surface area contributed by atoms with Crippen molar-refractivity contribution in [1.29, 1.82) is 0 Å². The summed E-state index contributed by atoms with van der Waals surface area (Å²) in [4.78, 5) is 19.8. The Morgan fingerprint density at radius 3 is 0.799 bits per heavy atom. The van der Waals surface area contributed by atoms with Gasteiger partial charge in [0, 0.05) is 155 Å². The van der Waals surface area contributed by atoms with Gasteiger partial charge in [-0.1, -0.05) is 167 Å². The van der Waals surface area contributed by atoms with Crippen molar-refractivity contribution in [2.45, 2.75) is 166 Å². The molecule has 704 valence electrons. The number of thiophene rings is 5. The molecule has 8 aliphatic rings. The van der Waals surface area contributed by atoms with Crippen LogP contribution in [0.4, 0.5) is 0 Å². The Balaban J connectivity index is 0.000000108. The van der Waals surface area contributed by atoms with Gasteiger partial charge in [-0.25, -0.2) is 4.79 Å². The highest BCUT2D eigenvalue weighted by atomic mass is 32.2. The van der Waals surface area contributed by atoms with E-state index >= 15 is 0 Å². The first-order valence-corrected chi connectivity index (χ1v) is 56.5. The first-order valence-electron chi connectivity index (χ1n) is 50.3. The van der Waals surface area contributed by atoms with Gasteiger partial charge in [0.25, 0.3) is 0 Å². The number of aromatic hydroxyl groups is 1. The molecule has 0 amide bonds. The summed E-state index contributed by atoms with van der Waals surface area (Å²) in [5.41, 5.74) is 8.54. The predicted octanol–water partition coefficient (Wildman–Crippen LogP) is 37.2. The van der Waals surface area contributed by atoms with Crippen molar-refractivity contribution in [2.24, 2.45) is 47.3 Å². The first kappa shape index (κ1) is 94.6. The van der Waals surface area contributed by atoms with Gasteiger partial charge in [-0.05, 0) is 352 Å². The molecule has 20 aromatic rings. The van der Waals surface area contributed by atoms with Gasteiger partial charge in [0.2, 0.25) is 0 Å². The lowest BCUT2D eigenvalue weighted by Crippen LogP contribution is -2.58. The van der Waals surface area contributed by atoms with E-state index in [2.05, 4.69) is 370 Å². The standard InChI is InChI=1S/C33H35O3S.C31H33O2S.C21H19OS.C20H16OS.C18H13S.2C2H6/c1-20-12-26(37-29-10-6-4-8-27(29)28-9-5-7-11-30(28)37)13-21(2)32(20)35-19-31(34)36-33(3)24-15-22-14-23(17-24)18-25(33)16-22;1-19-11-25(34-28-9-5-3-7-26(28)27-8-4-6-10-29(27)34)12-20(2)30(19)32-18-33-31-23-14-21-13-22(16-23)17-24(31)15-21;1-14-12-16(13-15(2)21(14)22-3)23-19-10-6-4-8-17(19)18-9-5-7-11-20(18)23;1-13-11-15(12-14(2)20(13)21)22-18-9-5-3-7-16(18)17-8-4-6-10-19(17)22;1-2-8-14(9-3-1)19-17-12-6-4-10-15(17)16-11-5-7-13-18(16)19;2*1-2/h4-13,22-25H,14-19H2,1-3H3;3-12,21-24,31H,13-18H2,1-2H3;4-13H,1-3H3;3-12H,1-2H3;1-13H;2*1-2H3/q3*+1;;+1;;/p+1. The number of hydrogen-bond acceptors (Lipinski definition) is 7. The summed E-state index contributed by atoms with van der Waals surface area (Å²) in [7, 11) is 1.49. The van der Waals surface area contributed by atoms with Gasteiger partial charge in [-0.2, -0.15) is 0 Å². The fraction of sp³-hybridized carbons (Fsp3) is 0.283. The van der Waals surface area contributed by atoms with Crippen LogP contribution in [-0.2, 0) is 14.3 Å². The zero-order valence-electron chi connectivity index (χ0n) is 82.7.